The second-order valence-electron chi connectivity index (χ2n) is 7.48. The van der Waals surface area contributed by atoms with Gasteiger partial charge < -0.3 is 25.8 Å². The van der Waals surface area contributed by atoms with Gasteiger partial charge in [-0.05, 0) is 6.92 Å². The molecule has 2 aliphatic heterocycles. The van der Waals surface area contributed by atoms with Gasteiger partial charge in [0.2, 0.25) is 5.70 Å². The number of nitrogen functional groups attached to an aromatic ring is 1. The molecule has 0 radical (unpaired) electrons. The first-order chi connectivity index (χ1) is 15.7. The van der Waals surface area contributed by atoms with Gasteiger partial charge in [-0.2, -0.15) is 4.57 Å². The summed E-state index contributed by atoms with van der Waals surface area (Å²) in [6, 6.07) is 5.44. The van der Waals surface area contributed by atoms with Crippen LogP contribution in [-0.2, 0) is 19.2 Å². The molecule has 2 aliphatic rings. The molecule has 0 bridgehead atoms. The van der Waals surface area contributed by atoms with Crippen molar-refractivity contribution < 1.29 is 28.9 Å². The molecular formula is C20H20N6O5S2. The number of thiazole rings is 1. The molecule has 0 spiro atoms. The number of fused-ring (bicyclic) bond motifs is 1. The number of amides is 2. The zero-order chi connectivity index (χ0) is 23.9. The zero-order valence-electron chi connectivity index (χ0n) is 17.9. The highest BCUT2D eigenvalue weighted by Crippen LogP contribution is 2.46. The summed E-state index contributed by atoms with van der Waals surface area (Å²) in [6.07, 6.45) is 1.73. The minimum absolute atomic E-state index is 0.148. The van der Waals surface area contributed by atoms with E-state index in [1.54, 1.807) is 29.1 Å². The third-order valence-corrected chi connectivity index (χ3v) is 7.48. The maximum absolute atomic E-state index is 13.2. The van der Waals surface area contributed by atoms with Gasteiger partial charge in [-0.3, -0.25) is 14.5 Å². The Morgan fingerprint density at radius 1 is 1.45 bits per heavy atom. The number of hydrogen-bond acceptors (Lipinski definition) is 10. The first-order valence-corrected chi connectivity index (χ1v) is 11.6. The molecule has 2 aromatic heterocycles. The Morgan fingerprint density at radius 3 is 2.82 bits per heavy atom. The van der Waals surface area contributed by atoms with Crippen molar-refractivity contribution in [3.63, 3.8) is 0 Å². The molecule has 13 heteroatoms. The van der Waals surface area contributed by atoms with Gasteiger partial charge in [0.1, 0.15) is 29.4 Å². The number of pyridine rings is 1. The van der Waals surface area contributed by atoms with Crippen LogP contribution >= 0.6 is 23.1 Å². The summed E-state index contributed by atoms with van der Waals surface area (Å²) in [5, 5.41) is 19.6. The Morgan fingerprint density at radius 2 is 2.21 bits per heavy atom. The molecule has 0 aliphatic carbocycles. The Labute approximate surface area is 196 Å². The number of nitrogens with one attached hydrogen (secondary N) is 1. The lowest BCUT2D eigenvalue weighted by Crippen LogP contribution is -2.79. The van der Waals surface area contributed by atoms with Gasteiger partial charge >= 0.3 is 0 Å². The van der Waals surface area contributed by atoms with Crippen LogP contribution < -0.4 is 20.7 Å². The van der Waals surface area contributed by atoms with E-state index in [0.29, 0.717) is 11.4 Å². The van der Waals surface area contributed by atoms with E-state index >= 15 is 0 Å². The number of aromatic nitrogens is 2. The van der Waals surface area contributed by atoms with E-state index in [0.717, 1.165) is 21.9 Å². The average molecular weight is 489 g/mol. The van der Waals surface area contributed by atoms with Gasteiger partial charge in [0.05, 0.1) is 11.7 Å². The molecule has 11 nitrogen and oxygen atoms in total. The minimum Gasteiger partial charge on any atom is -0.543 e. The molecule has 0 saturated carbocycles. The van der Waals surface area contributed by atoms with Gasteiger partial charge in [-0.15, -0.1) is 23.1 Å². The molecular weight excluding hydrogens is 468 g/mol. The first kappa shape index (κ1) is 22.7. The molecule has 33 heavy (non-hydrogen) atoms. The Hall–Kier alpha value is -3.45. The summed E-state index contributed by atoms with van der Waals surface area (Å²) < 4.78 is 1.71. The highest BCUT2D eigenvalue weighted by atomic mass is 32.2. The van der Waals surface area contributed by atoms with Gasteiger partial charge in [-0.1, -0.05) is 11.2 Å². The molecule has 0 aromatic carbocycles. The Kier molecular flexibility index (Phi) is 5.84. The number of anilines is 1. The van der Waals surface area contributed by atoms with Crippen molar-refractivity contribution in [2.45, 2.75) is 24.8 Å². The molecule has 3 N–H and O–H groups in total. The van der Waals surface area contributed by atoms with Crippen LogP contribution in [0.5, 0.6) is 0 Å². The number of aryl methyl sites for hydroxylation is 1. The molecule has 1 fully saturated rings. The number of β-lactam (4-membered cyclic amide) rings is 1. The van der Waals surface area contributed by atoms with Crippen molar-refractivity contribution in [2.75, 3.05) is 18.6 Å². The highest BCUT2D eigenvalue weighted by molar-refractivity contribution is 8.00. The number of aliphatic carboxylic acids is 1. The van der Waals surface area contributed by atoms with E-state index in [2.05, 4.69) is 15.5 Å². The van der Waals surface area contributed by atoms with E-state index in [1.165, 1.54) is 18.9 Å². The lowest BCUT2D eigenvalue weighted by Gasteiger charge is -2.55. The van der Waals surface area contributed by atoms with Crippen LogP contribution in [0.3, 0.4) is 0 Å². The summed E-state index contributed by atoms with van der Waals surface area (Å²) in [6.45, 7) is 3.38. The van der Waals surface area contributed by atoms with E-state index in [4.69, 9.17) is 10.6 Å². The molecule has 1 saturated heterocycles. The number of nitrogens with two attached hydrogens (primary N) is 1. The standard InChI is InChI=1S/C20H20N6O5S2/c1-10-6-4-5-7-25(10)12-9-32-18-20(2,17(30)26(18)14(12)16(28)29)23-15(27)13(24-31-3)11-8-33-19(21)22-11/h4-8,18H,9H2,1-3H3,(H3-,21,22,23,27,28,29)/b24-13-/t18-,20+/m0/s1. The fourth-order valence-corrected chi connectivity index (χ4v) is 5.80. The number of carboxylic acid groups (broad SMARTS) is 1. The fraction of sp³-hybridized carbons (Fsp3) is 0.300. The number of oxime groups is 1. The Balaban J connectivity index is 1.65. The van der Waals surface area contributed by atoms with Crippen LogP contribution in [0.4, 0.5) is 5.13 Å². The molecule has 2 amide bonds. The van der Waals surface area contributed by atoms with Crippen molar-refractivity contribution >= 4 is 57.4 Å². The predicted molar refractivity (Wildman–Crippen MR) is 119 cm³/mol. The maximum atomic E-state index is 13.2. The summed E-state index contributed by atoms with van der Waals surface area (Å²) in [5.74, 6) is -2.45. The predicted octanol–water partition coefficient (Wildman–Crippen LogP) is -0.920. The number of hydrogen-bond donors (Lipinski definition) is 2. The quantitative estimate of drug-likeness (QED) is 0.229. The molecule has 4 heterocycles. The molecule has 2 atom stereocenters. The third-order valence-electron chi connectivity index (χ3n) is 5.37. The molecule has 0 unspecified atom stereocenters. The number of carboxylic acids is 1. The topological polar surface area (TPSA) is 154 Å². The van der Waals surface area contributed by atoms with E-state index in [9.17, 15) is 19.5 Å². The second kappa shape index (κ2) is 8.48. The molecule has 172 valence electrons. The van der Waals surface area contributed by atoms with Crippen LogP contribution in [0.15, 0.2) is 40.6 Å². The number of carbonyl (C=O) groups excluding carboxylic acids is 3. The smallest absolute Gasteiger partial charge is 0.276 e. The zero-order valence-corrected chi connectivity index (χ0v) is 19.5. The van der Waals surface area contributed by atoms with E-state index < -0.39 is 28.7 Å². The van der Waals surface area contributed by atoms with E-state index in [1.807, 2.05) is 19.1 Å². The Bertz CT molecular complexity index is 1230. The van der Waals surface area contributed by atoms with Crippen molar-refractivity contribution in [2.24, 2.45) is 5.16 Å². The second-order valence-corrected chi connectivity index (χ2v) is 9.44. The average Bonchev–Trinajstić information content (AvgIpc) is 3.22. The number of carbonyl (C=O) groups is 3. The summed E-state index contributed by atoms with van der Waals surface area (Å²) in [7, 11) is 1.28. The largest absolute Gasteiger partial charge is 0.543 e. The van der Waals surface area contributed by atoms with Crippen LogP contribution in [0.1, 0.15) is 18.3 Å². The maximum Gasteiger partial charge on any atom is 0.276 e. The first-order valence-electron chi connectivity index (χ1n) is 9.71. The number of nitrogens with zero attached hydrogens (tertiary/aromatic N) is 4. The normalized spacial score (nSPS) is 22.5. The van der Waals surface area contributed by atoms with Crippen LogP contribution in [0.25, 0.3) is 5.70 Å². The minimum atomic E-state index is -1.47. The lowest BCUT2D eigenvalue weighted by molar-refractivity contribution is -0.589. The summed E-state index contributed by atoms with van der Waals surface area (Å²) in [4.78, 5) is 48.2. The lowest BCUT2D eigenvalue weighted by atomic mass is 9.88. The van der Waals surface area contributed by atoms with Crippen molar-refractivity contribution in [3.05, 3.63) is 46.9 Å². The van der Waals surface area contributed by atoms with Gasteiger partial charge in [0, 0.05) is 24.4 Å². The SMILES string of the molecule is CO/N=C(\C(=O)N[C@]1(C)C(=O)N2C(C(=O)[O-])=C([n+]3ccccc3C)CS[C@H]21)c1csc(N)n1. The highest BCUT2D eigenvalue weighted by Gasteiger charge is 2.63. The number of thioether (sulfide) groups is 1. The van der Waals surface area contributed by atoms with Crippen LogP contribution in [0.2, 0.25) is 0 Å². The summed E-state index contributed by atoms with van der Waals surface area (Å²) >= 11 is 2.46. The monoisotopic (exact) mass is 488 g/mol. The molecule has 4 rings (SSSR count). The van der Waals surface area contributed by atoms with Gasteiger partial charge in [-0.25, -0.2) is 4.98 Å². The van der Waals surface area contributed by atoms with Crippen molar-refractivity contribution in [1.29, 1.82) is 0 Å². The third kappa shape index (κ3) is 3.72. The van der Waals surface area contributed by atoms with E-state index in [-0.39, 0.29) is 22.2 Å². The van der Waals surface area contributed by atoms with Crippen LogP contribution in [-0.4, -0.2) is 57.2 Å². The number of rotatable bonds is 6. The molecule has 2 aromatic rings. The fourth-order valence-electron chi connectivity index (χ4n) is 3.81. The van der Waals surface area contributed by atoms with Crippen LogP contribution in [0, 0.1) is 6.92 Å². The summed E-state index contributed by atoms with van der Waals surface area (Å²) in [5.41, 5.74) is 5.34. The van der Waals surface area contributed by atoms with Gasteiger partial charge in [0.25, 0.3) is 11.8 Å². The van der Waals surface area contributed by atoms with Gasteiger partial charge in [0.15, 0.2) is 22.7 Å². The van der Waals surface area contributed by atoms with Crippen molar-refractivity contribution in [1.82, 2.24) is 15.2 Å². The van der Waals surface area contributed by atoms with Crippen molar-refractivity contribution in [3.8, 4) is 0 Å².